The van der Waals surface area contributed by atoms with Gasteiger partial charge in [0.15, 0.2) is 0 Å². The average molecular weight is 466 g/mol. The van der Waals surface area contributed by atoms with Crippen molar-refractivity contribution in [2.45, 2.75) is 25.9 Å². The molecule has 11 heteroatoms. The van der Waals surface area contributed by atoms with Crippen LogP contribution in [0, 0.1) is 0 Å². The Labute approximate surface area is 230 Å². The molecular weight excluding hydrogens is 437 g/mol. The molecule has 2 saturated heterocycles. The van der Waals surface area contributed by atoms with Gasteiger partial charge in [0, 0.05) is 24.7 Å². The Bertz CT molecular complexity index is 892. The summed E-state index contributed by atoms with van der Waals surface area (Å²) in [6.45, 7) is 8.12. The molecule has 2 aliphatic rings. The van der Waals surface area contributed by atoms with Crippen LogP contribution in [0.4, 0.5) is 23.4 Å². The Balaban J connectivity index is 0.00000289. The molecular formula is C21H28KN7O3. The topological polar surface area (TPSA) is 107 Å². The van der Waals surface area contributed by atoms with E-state index in [1.165, 1.54) is 0 Å². The maximum Gasteiger partial charge on any atom is 1.00 e. The van der Waals surface area contributed by atoms with Crippen LogP contribution >= 0.6 is 0 Å². The minimum Gasteiger partial charge on any atom is -0.469 e. The van der Waals surface area contributed by atoms with Gasteiger partial charge in [0.1, 0.15) is 11.6 Å². The molecule has 0 bridgehead atoms. The number of amides is 1. The van der Waals surface area contributed by atoms with Crippen molar-refractivity contribution < 1.29 is 65.7 Å². The zero-order chi connectivity index (χ0) is 21.8. The largest absolute Gasteiger partial charge is 1.00 e. The number of hydrogen-bond acceptors (Lipinski definition) is 8. The molecule has 0 aliphatic carbocycles. The summed E-state index contributed by atoms with van der Waals surface area (Å²) < 4.78 is 11.1. The van der Waals surface area contributed by atoms with Crippen LogP contribution in [-0.4, -0.2) is 79.5 Å². The van der Waals surface area contributed by atoms with Gasteiger partial charge in [-0.05, 0) is 13.8 Å². The fourth-order valence-corrected chi connectivity index (χ4v) is 3.72. The molecule has 2 atom stereocenters. The Kier molecular flexibility index (Phi) is 9.23. The molecule has 1 amide bonds. The Morgan fingerprint density at radius 1 is 1.09 bits per heavy atom. The molecule has 2 aliphatic heterocycles. The van der Waals surface area contributed by atoms with E-state index in [0.29, 0.717) is 56.1 Å². The molecule has 4 heterocycles. The summed E-state index contributed by atoms with van der Waals surface area (Å²) in [4.78, 5) is 30.8. The fraction of sp³-hybridized carbons (Fsp3) is 0.524. The van der Waals surface area contributed by atoms with Crippen LogP contribution in [0.2, 0.25) is 0 Å². The van der Waals surface area contributed by atoms with Crippen LogP contribution in [0.15, 0.2) is 24.4 Å². The van der Waals surface area contributed by atoms with E-state index >= 15 is 0 Å². The maximum absolute atomic E-state index is 12.9. The van der Waals surface area contributed by atoms with Crippen molar-refractivity contribution in [3.8, 4) is 0 Å². The molecule has 2 aromatic heterocycles. The summed E-state index contributed by atoms with van der Waals surface area (Å²) in [6.07, 6.45) is 1.57. The molecule has 2 aromatic rings. The first-order valence-electron chi connectivity index (χ1n) is 10.5. The van der Waals surface area contributed by atoms with Gasteiger partial charge in [-0.3, -0.25) is 4.79 Å². The number of nitrogens with one attached hydrogen (secondary N) is 1. The van der Waals surface area contributed by atoms with Gasteiger partial charge in [-0.2, -0.15) is 9.97 Å². The monoisotopic (exact) mass is 465 g/mol. The number of pyridine rings is 1. The fourth-order valence-electron chi connectivity index (χ4n) is 3.72. The van der Waals surface area contributed by atoms with E-state index in [9.17, 15) is 4.79 Å². The van der Waals surface area contributed by atoms with E-state index in [-0.39, 0.29) is 69.4 Å². The Morgan fingerprint density at radius 3 is 2.44 bits per heavy atom. The molecule has 166 valence electrons. The SMILES string of the molecule is C[N-]c1cc(C(=O)Nc2cc(N3CCOC[C@@H]3C)nc(N3CCOC[C@@H]3C)n2)ccn1.[K+]. The predicted octanol–water partition coefficient (Wildman–Crippen LogP) is -0.787. The molecule has 32 heavy (non-hydrogen) atoms. The van der Waals surface area contributed by atoms with Gasteiger partial charge in [0.05, 0.1) is 38.5 Å². The summed E-state index contributed by atoms with van der Waals surface area (Å²) in [5.41, 5.74) is 0.469. The van der Waals surface area contributed by atoms with E-state index in [4.69, 9.17) is 14.5 Å². The molecule has 0 saturated carbocycles. The number of carbonyl (C=O) groups is 1. The number of hydrogen-bond donors (Lipinski definition) is 1. The van der Waals surface area contributed by atoms with Crippen molar-refractivity contribution in [3.05, 3.63) is 35.3 Å². The van der Waals surface area contributed by atoms with Crippen molar-refractivity contribution in [2.75, 3.05) is 61.7 Å². The first-order valence-corrected chi connectivity index (χ1v) is 10.5. The average Bonchev–Trinajstić information content (AvgIpc) is 2.79. The third-order valence-corrected chi connectivity index (χ3v) is 5.47. The normalized spacial score (nSPS) is 21.0. The van der Waals surface area contributed by atoms with Crippen LogP contribution < -0.4 is 66.5 Å². The number of rotatable bonds is 5. The van der Waals surface area contributed by atoms with Crippen molar-refractivity contribution in [1.29, 1.82) is 0 Å². The Morgan fingerprint density at radius 2 is 1.78 bits per heavy atom. The molecule has 10 nitrogen and oxygen atoms in total. The summed E-state index contributed by atoms with van der Waals surface area (Å²) in [6, 6.07) is 5.44. The van der Waals surface area contributed by atoms with Gasteiger partial charge < -0.3 is 34.9 Å². The summed E-state index contributed by atoms with van der Waals surface area (Å²) in [5.74, 6) is 2.04. The number of nitrogens with zero attached hydrogens (tertiary/aromatic N) is 6. The van der Waals surface area contributed by atoms with Crippen LogP contribution in [0.5, 0.6) is 0 Å². The van der Waals surface area contributed by atoms with E-state index in [1.54, 1.807) is 25.4 Å². The molecule has 0 spiro atoms. The van der Waals surface area contributed by atoms with Gasteiger partial charge in [-0.1, -0.05) is 31.2 Å². The van der Waals surface area contributed by atoms with Crippen LogP contribution in [-0.2, 0) is 9.47 Å². The van der Waals surface area contributed by atoms with Crippen molar-refractivity contribution in [3.63, 3.8) is 0 Å². The number of aromatic nitrogens is 3. The first-order chi connectivity index (χ1) is 15.0. The zero-order valence-corrected chi connectivity index (χ0v) is 22.2. The molecule has 4 rings (SSSR count). The van der Waals surface area contributed by atoms with Crippen LogP contribution in [0.3, 0.4) is 0 Å². The standard InChI is InChI=1S/C21H29N7O3.K/c1-14-12-30-8-6-27(14)19-11-18(24-20(29)16-4-5-23-17(10-16)22-3)25-21(26-19)28-7-9-31-13-15(28)2;/h4-5,10-11,14-15H,6-9,12-13H2,1-3H3,(H2,22,23,24,25,26,29);/q;+1/p-1/t14-,15-;/m0./s1. The summed E-state index contributed by atoms with van der Waals surface area (Å²) >= 11 is 0. The third kappa shape index (κ3) is 5.96. The Hall–Kier alpha value is -1.34. The molecule has 1 N–H and O–H groups in total. The molecule has 0 radical (unpaired) electrons. The molecule has 0 unspecified atom stereocenters. The van der Waals surface area contributed by atoms with Crippen molar-refractivity contribution in [1.82, 2.24) is 15.0 Å². The minimum atomic E-state index is -0.270. The maximum atomic E-state index is 12.9. The molecule has 2 fully saturated rings. The van der Waals surface area contributed by atoms with E-state index in [2.05, 4.69) is 44.2 Å². The number of ether oxygens (including phenoxy) is 2. The molecule has 0 aromatic carbocycles. The first kappa shape index (κ1) is 25.3. The van der Waals surface area contributed by atoms with Gasteiger partial charge in [0.2, 0.25) is 5.95 Å². The van der Waals surface area contributed by atoms with E-state index in [1.807, 2.05) is 6.07 Å². The number of anilines is 3. The van der Waals surface area contributed by atoms with Crippen LogP contribution in [0.25, 0.3) is 5.32 Å². The number of carbonyl (C=O) groups excluding carboxylic acids is 1. The third-order valence-electron chi connectivity index (χ3n) is 5.47. The van der Waals surface area contributed by atoms with E-state index in [0.717, 1.165) is 12.4 Å². The van der Waals surface area contributed by atoms with Crippen molar-refractivity contribution >= 4 is 29.3 Å². The smallest absolute Gasteiger partial charge is 0.469 e. The van der Waals surface area contributed by atoms with E-state index < -0.39 is 0 Å². The zero-order valence-electron chi connectivity index (χ0n) is 19.1. The van der Waals surface area contributed by atoms with Gasteiger partial charge in [-0.15, -0.1) is 0 Å². The second kappa shape index (κ2) is 11.7. The summed E-state index contributed by atoms with van der Waals surface area (Å²) in [5, 5.41) is 6.96. The minimum absolute atomic E-state index is 0. The second-order valence-electron chi connectivity index (χ2n) is 7.73. The van der Waals surface area contributed by atoms with Gasteiger partial charge >= 0.3 is 51.4 Å². The second-order valence-corrected chi connectivity index (χ2v) is 7.73. The predicted molar refractivity (Wildman–Crippen MR) is 118 cm³/mol. The van der Waals surface area contributed by atoms with Gasteiger partial charge in [-0.25, -0.2) is 0 Å². The van der Waals surface area contributed by atoms with Gasteiger partial charge in [0.25, 0.3) is 5.91 Å². The van der Waals surface area contributed by atoms with Crippen molar-refractivity contribution in [2.24, 2.45) is 0 Å². The quantitative estimate of drug-likeness (QED) is 0.573. The van der Waals surface area contributed by atoms with Crippen LogP contribution in [0.1, 0.15) is 24.2 Å². The number of morpholine rings is 2. The summed E-state index contributed by atoms with van der Waals surface area (Å²) in [7, 11) is 1.64.